The van der Waals surface area contributed by atoms with Gasteiger partial charge in [0.15, 0.2) is 11.5 Å². The second kappa shape index (κ2) is 6.42. The zero-order valence-electron chi connectivity index (χ0n) is 12.3. The molecule has 1 aromatic rings. The molecule has 0 saturated heterocycles. The Morgan fingerprint density at radius 2 is 2.14 bits per heavy atom. The highest BCUT2D eigenvalue weighted by Crippen LogP contribution is 2.39. The van der Waals surface area contributed by atoms with Crippen molar-refractivity contribution in [2.45, 2.75) is 38.3 Å². The minimum absolute atomic E-state index is 0.496. The molecule has 1 aliphatic carbocycles. The first-order valence-corrected chi connectivity index (χ1v) is 8.03. The van der Waals surface area contributed by atoms with E-state index >= 15 is 0 Å². The second-order valence-corrected chi connectivity index (χ2v) is 6.37. The Bertz CT molecular complexity index is 509. The number of nitrogens with one attached hydrogen (secondary N) is 1. The first-order chi connectivity index (χ1) is 10.1. The number of fused-ring (bicyclic) bond motifs is 1. The van der Waals surface area contributed by atoms with Crippen LogP contribution >= 0.6 is 11.6 Å². The molecule has 1 heterocycles. The van der Waals surface area contributed by atoms with Gasteiger partial charge in [0.25, 0.3) is 0 Å². The molecule has 3 rings (SSSR count). The van der Waals surface area contributed by atoms with E-state index in [-0.39, 0.29) is 0 Å². The molecule has 4 nitrogen and oxygen atoms in total. The summed E-state index contributed by atoms with van der Waals surface area (Å²) in [5.74, 6) is 1.88. The van der Waals surface area contributed by atoms with Crippen molar-refractivity contribution in [3.8, 4) is 11.5 Å². The molecule has 21 heavy (non-hydrogen) atoms. The lowest BCUT2D eigenvalue weighted by atomic mass is 10.0. The number of aliphatic hydroxyl groups is 1. The molecule has 0 radical (unpaired) electrons. The van der Waals surface area contributed by atoms with Gasteiger partial charge in [-0.25, -0.2) is 0 Å². The van der Waals surface area contributed by atoms with Crippen molar-refractivity contribution < 1.29 is 14.6 Å². The van der Waals surface area contributed by atoms with Crippen LogP contribution in [-0.2, 0) is 0 Å². The molecule has 0 amide bonds. The lowest BCUT2D eigenvalue weighted by Crippen LogP contribution is -2.34. The van der Waals surface area contributed by atoms with E-state index in [2.05, 4.69) is 12.2 Å². The fourth-order valence-corrected chi connectivity index (χ4v) is 3.43. The van der Waals surface area contributed by atoms with Crippen molar-refractivity contribution in [2.75, 3.05) is 19.8 Å². The molecular formula is C16H22ClNO3. The van der Waals surface area contributed by atoms with Crippen molar-refractivity contribution in [1.29, 1.82) is 0 Å². The standard InChI is InChI=1S/C16H22ClNO3/c1-10-3-2-4-13(10)18-9-14(19)11-7-12(17)16-15(8-11)20-5-6-21-16/h7-8,10,13-14,18-19H,2-6,9H2,1H3. The minimum Gasteiger partial charge on any atom is -0.486 e. The van der Waals surface area contributed by atoms with Crippen LogP contribution in [0.5, 0.6) is 11.5 Å². The normalized spacial score (nSPS) is 25.9. The molecule has 1 saturated carbocycles. The van der Waals surface area contributed by atoms with Crippen molar-refractivity contribution in [3.63, 3.8) is 0 Å². The molecule has 0 aromatic heterocycles. The van der Waals surface area contributed by atoms with Gasteiger partial charge in [0, 0.05) is 12.6 Å². The van der Waals surface area contributed by atoms with Crippen LogP contribution in [0.25, 0.3) is 0 Å². The highest BCUT2D eigenvalue weighted by molar-refractivity contribution is 6.32. The van der Waals surface area contributed by atoms with Crippen LogP contribution in [-0.4, -0.2) is 30.9 Å². The summed E-state index contributed by atoms with van der Waals surface area (Å²) < 4.78 is 11.0. The first-order valence-electron chi connectivity index (χ1n) is 7.65. The van der Waals surface area contributed by atoms with Crippen molar-refractivity contribution >= 4 is 11.6 Å². The average molecular weight is 312 g/mol. The van der Waals surface area contributed by atoms with E-state index in [0.717, 1.165) is 5.56 Å². The minimum atomic E-state index is -0.592. The van der Waals surface area contributed by atoms with Gasteiger partial charge in [-0.1, -0.05) is 24.9 Å². The topological polar surface area (TPSA) is 50.7 Å². The highest BCUT2D eigenvalue weighted by Gasteiger charge is 2.24. The lowest BCUT2D eigenvalue weighted by Gasteiger charge is -2.23. The van der Waals surface area contributed by atoms with Gasteiger partial charge < -0.3 is 19.9 Å². The van der Waals surface area contributed by atoms with Gasteiger partial charge in [0.1, 0.15) is 13.2 Å². The van der Waals surface area contributed by atoms with Crippen LogP contribution in [0, 0.1) is 5.92 Å². The molecular weight excluding hydrogens is 290 g/mol. The molecule has 0 spiro atoms. The summed E-state index contributed by atoms with van der Waals surface area (Å²) >= 11 is 6.21. The van der Waals surface area contributed by atoms with Crippen LogP contribution in [0.1, 0.15) is 37.9 Å². The smallest absolute Gasteiger partial charge is 0.179 e. The molecule has 1 fully saturated rings. The van der Waals surface area contributed by atoms with E-state index in [1.165, 1.54) is 19.3 Å². The molecule has 2 N–H and O–H groups in total. The summed E-state index contributed by atoms with van der Waals surface area (Å²) in [5, 5.41) is 14.3. The SMILES string of the molecule is CC1CCCC1NCC(O)c1cc(Cl)c2c(c1)OCCO2. The Morgan fingerprint density at radius 1 is 1.33 bits per heavy atom. The maximum atomic E-state index is 10.4. The van der Waals surface area contributed by atoms with E-state index in [1.54, 1.807) is 6.07 Å². The molecule has 116 valence electrons. The third-order valence-corrected chi connectivity index (χ3v) is 4.72. The van der Waals surface area contributed by atoms with Crippen molar-refractivity contribution in [1.82, 2.24) is 5.32 Å². The molecule has 3 atom stereocenters. The predicted octanol–water partition coefficient (Wildman–Crippen LogP) is 2.92. The van der Waals surface area contributed by atoms with E-state index in [1.807, 2.05) is 6.07 Å². The molecule has 2 aliphatic rings. The Kier molecular flexibility index (Phi) is 4.57. The fraction of sp³-hybridized carbons (Fsp3) is 0.625. The summed E-state index contributed by atoms with van der Waals surface area (Å²) in [6.07, 6.45) is 3.13. The number of benzene rings is 1. The molecule has 0 bridgehead atoms. The highest BCUT2D eigenvalue weighted by atomic mass is 35.5. The van der Waals surface area contributed by atoms with Gasteiger partial charge in [0.05, 0.1) is 11.1 Å². The molecule has 3 unspecified atom stereocenters. The Labute approximate surface area is 130 Å². The monoisotopic (exact) mass is 311 g/mol. The van der Waals surface area contributed by atoms with E-state index in [9.17, 15) is 5.11 Å². The number of hydrogen-bond acceptors (Lipinski definition) is 4. The third kappa shape index (κ3) is 3.28. The molecule has 1 aromatic carbocycles. The van der Waals surface area contributed by atoms with Crippen LogP contribution in [0.2, 0.25) is 5.02 Å². The Balaban J connectivity index is 1.66. The zero-order valence-corrected chi connectivity index (χ0v) is 13.0. The summed E-state index contributed by atoms with van der Waals surface area (Å²) in [7, 11) is 0. The summed E-state index contributed by atoms with van der Waals surface area (Å²) in [6, 6.07) is 4.09. The van der Waals surface area contributed by atoms with Gasteiger partial charge in [-0.3, -0.25) is 0 Å². The van der Waals surface area contributed by atoms with Crippen molar-refractivity contribution in [3.05, 3.63) is 22.7 Å². The Morgan fingerprint density at radius 3 is 2.90 bits per heavy atom. The van der Waals surface area contributed by atoms with Crippen LogP contribution in [0.3, 0.4) is 0 Å². The van der Waals surface area contributed by atoms with Gasteiger partial charge >= 0.3 is 0 Å². The number of rotatable bonds is 4. The molecule has 5 heteroatoms. The van der Waals surface area contributed by atoms with Crippen LogP contribution in [0.15, 0.2) is 12.1 Å². The number of aliphatic hydroxyl groups excluding tert-OH is 1. The average Bonchev–Trinajstić information content (AvgIpc) is 2.90. The number of ether oxygens (including phenoxy) is 2. The maximum Gasteiger partial charge on any atom is 0.179 e. The predicted molar refractivity (Wildman–Crippen MR) is 82.2 cm³/mol. The quantitative estimate of drug-likeness (QED) is 0.897. The first kappa shape index (κ1) is 14.9. The van der Waals surface area contributed by atoms with E-state index in [0.29, 0.717) is 48.2 Å². The number of halogens is 1. The summed E-state index contributed by atoms with van der Waals surface area (Å²) in [6.45, 7) is 3.82. The van der Waals surface area contributed by atoms with Crippen LogP contribution in [0.4, 0.5) is 0 Å². The van der Waals surface area contributed by atoms with Crippen LogP contribution < -0.4 is 14.8 Å². The molecule has 1 aliphatic heterocycles. The van der Waals surface area contributed by atoms with Gasteiger partial charge in [-0.05, 0) is 36.5 Å². The Hall–Kier alpha value is -0.970. The van der Waals surface area contributed by atoms with Crippen molar-refractivity contribution in [2.24, 2.45) is 5.92 Å². The van der Waals surface area contributed by atoms with E-state index in [4.69, 9.17) is 21.1 Å². The third-order valence-electron chi connectivity index (χ3n) is 4.44. The maximum absolute atomic E-state index is 10.4. The zero-order chi connectivity index (χ0) is 14.8. The summed E-state index contributed by atoms with van der Waals surface area (Å²) in [5.41, 5.74) is 0.766. The van der Waals surface area contributed by atoms with Gasteiger partial charge in [0.2, 0.25) is 0 Å². The fourth-order valence-electron chi connectivity index (χ4n) is 3.15. The second-order valence-electron chi connectivity index (χ2n) is 5.97. The summed E-state index contributed by atoms with van der Waals surface area (Å²) in [4.78, 5) is 0. The lowest BCUT2D eigenvalue weighted by molar-refractivity contribution is 0.159. The largest absolute Gasteiger partial charge is 0.486 e. The van der Waals surface area contributed by atoms with Gasteiger partial charge in [-0.15, -0.1) is 0 Å². The van der Waals surface area contributed by atoms with Gasteiger partial charge in [-0.2, -0.15) is 0 Å². The van der Waals surface area contributed by atoms with E-state index < -0.39 is 6.10 Å². The number of hydrogen-bond donors (Lipinski definition) is 2.